The molecule has 2 atom stereocenters. The molecule has 1 aromatic carbocycles. The lowest BCUT2D eigenvalue weighted by Crippen LogP contribution is -2.48. The second-order valence-electron chi connectivity index (χ2n) is 6.83. The lowest BCUT2D eigenvalue weighted by Gasteiger charge is -2.36. The standard InChI is InChI=1S/C20H25N3O4S/c1-2-28-20-21-10-14(11-22-20)12-23-7-6-16(15(24)13-23)27-18-5-3-4-17-19(18)26-9-8-25-17/h3-5,10-11,15-16,24H,2,6-9,12-13H2,1H3/t15-,16-/m1/s1. The maximum atomic E-state index is 10.6. The number of hydrogen-bond donors (Lipinski definition) is 1. The topological polar surface area (TPSA) is 76.9 Å². The summed E-state index contributed by atoms with van der Waals surface area (Å²) in [5, 5.41) is 11.4. The van der Waals surface area contributed by atoms with Crippen LogP contribution in [0.5, 0.6) is 17.2 Å². The minimum Gasteiger partial charge on any atom is -0.486 e. The van der Waals surface area contributed by atoms with E-state index >= 15 is 0 Å². The van der Waals surface area contributed by atoms with Gasteiger partial charge in [0.2, 0.25) is 5.75 Å². The minimum absolute atomic E-state index is 0.271. The molecular formula is C20H25N3O4S. The number of aliphatic hydroxyl groups excluding tert-OH is 1. The molecule has 3 heterocycles. The Labute approximate surface area is 169 Å². The first-order valence-electron chi connectivity index (χ1n) is 9.62. The molecule has 0 aliphatic carbocycles. The number of thioether (sulfide) groups is 1. The summed E-state index contributed by atoms with van der Waals surface area (Å²) in [5.74, 6) is 2.92. The summed E-state index contributed by atoms with van der Waals surface area (Å²) in [4.78, 5) is 11.0. The van der Waals surface area contributed by atoms with Gasteiger partial charge in [-0.05, 0) is 24.3 Å². The third kappa shape index (κ3) is 4.51. The van der Waals surface area contributed by atoms with E-state index in [4.69, 9.17) is 14.2 Å². The maximum Gasteiger partial charge on any atom is 0.203 e. The maximum absolute atomic E-state index is 10.6. The molecule has 1 fully saturated rings. The van der Waals surface area contributed by atoms with Crippen molar-refractivity contribution in [3.8, 4) is 17.2 Å². The van der Waals surface area contributed by atoms with Gasteiger partial charge in [0, 0.05) is 37.6 Å². The van der Waals surface area contributed by atoms with Crippen LogP contribution in [0.2, 0.25) is 0 Å². The Morgan fingerprint density at radius 2 is 2.07 bits per heavy atom. The first-order valence-corrected chi connectivity index (χ1v) is 10.6. The number of β-amino-alcohol motifs (C(OH)–C–C–N with tert-alkyl or cyclic N) is 1. The number of para-hydroxylation sites is 1. The van der Waals surface area contributed by atoms with E-state index in [1.54, 1.807) is 11.8 Å². The van der Waals surface area contributed by atoms with E-state index in [9.17, 15) is 5.11 Å². The molecule has 0 saturated carbocycles. The molecule has 1 saturated heterocycles. The third-order valence-corrected chi connectivity index (χ3v) is 5.53. The highest BCUT2D eigenvalue weighted by Crippen LogP contribution is 2.40. The van der Waals surface area contributed by atoms with Gasteiger partial charge in [0.15, 0.2) is 16.7 Å². The Bertz CT molecular complexity index is 790. The monoisotopic (exact) mass is 403 g/mol. The van der Waals surface area contributed by atoms with E-state index in [1.165, 1.54) is 0 Å². The number of aliphatic hydroxyl groups is 1. The quantitative estimate of drug-likeness (QED) is 0.582. The summed E-state index contributed by atoms with van der Waals surface area (Å²) in [5.41, 5.74) is 1.05. The number of piperidine rings is 1. The lowest BCUT2D eigenvalue weighted by atomic mass is 10.0. The number of aromatic nitrogens is 2. The molecule has 8 heteroatoms. The molecule has 0 spiro atoms. The molecule has 2 aliphatic heterocycles. The van der Waals surface area contributed by atoms with Crippen LogP contribution in [0.3, 0.4) is 0 Å². The molecule has 1 N–H and O–H groups in total. The van der Waals surface area contributed by atoms with E-state index in [-0.39, 0.29) is 6.10 Å². The number of nitrogens with zero attached hydrogens (tertiary/aromatic N) is 3. The van der Waals surface area contributed by atoms with Crippen molar-refractivity contribution in [3.63, 3.8) is 0 Å². The van der Waals surface area contributed by atoms with Gasteiger partial charge in [-0.1, -0.05) is 24.8 Å². The molecule has 4 rings (SSSR count). The van der Waals surface area contributed by atoms with Gasteiger partial charge in [0.25, 0.3) is 0 Å². The molecule has 0 bridgehead atoms. The molecule has 28 heavy (non-hydrogen) atoms. The van der Waals surface area contributed by atoms with E-state index in [0.29, 0.717) is 37.0 Å². The highest BCUT2D eigenvalue weighted by Gasteiger charge is 2.31. The second-order valence-corrected chi connectivity index (χ2v) is 8.07. The van der Waals surface area contributed by atoms with Crippen molar-refractivity contribution in [2.24, 2.45) is 0 Å². The normalized spacial score (nSPS) is 22.1. The van der Waals surface area contributed by atoms with Gasteiger partial charge in [-0.15, -0.1) is 0 Å². The summed E-state index contributed by atoms with van der Waals surface area (Å²) in [7, 11) is 0. The van der Waals surface area contributed by atoms with Crippen LogP contribution in [-0.4, -0.2) is 64.2 Å². The number of fused-ring (bicyclic) bond motifs is 1. The number of benzene rings is 1. The minimum atomic E-state index is -0.579. The average molecular weight is 404 g/mol. The largest absolute Gasteiger partial charge is 0.486 e. The Balaban J connectivity index is 1.34. The zero-order chi connectivity index (χ0) is 19.3. The fourth-order valence-corrected chi connectivity index (χ4v) is 3.96. The van der Waals surface area contributed by atoms with Gasteiger partial charge in [-0.25, -0.2) is 9.97 Å². The van der Waals surface area contributed by atoms with Gasteiger partial charge < -0.3 is 19.3 Å². The Hall–Kier alpha value is -2.03. The lowest BCUT2D eigenvalue weighted by molar-refractivity contribution is -0.0291. The molecule has 7 nitrogen and oxygen atoms in total. The van der Waals surface area contributed by atoms with Crippen LogP contribution >= 0.6 is 11.8 Å². The van der Waals surface area contributed by atoms with Crippen molar-refractivity contribution in [2.75, 3.05) is 32.1 Å². The Morgan fingerprint density at radius 3 is 2.86 bits per heavy atom. The molecule has 2 aliphatic rings. The number of hydrogen-bond acceptors (Lipinski definition) is 8. The smallest absolute Gasteiger partial charge is 0.203 e. The summed E-state index contributed by atoms with van der Waals surface area (Å²) >= 11 is 1.63. The zero-order valence-corrected chi connectivity index (χ0v) is 16.7. The number of rotatable bonds is 6. The predicted molar refractivity (Wildman–Crippen MR) is 106 cm³/mol. The van der Waals surface area contributed by atoms with Crippen LogP contribution in [0.25, 0.3) is 0 Å². The Morgan fingerprint density at radius 1 is 1.25 bits per heavy atom. The molecule has 0 unspecified atom stereocenters. The van der Waals surface area contributed by atoms with Crippen LogP contribution in [0, 0.1) is 0 Å². The number of ether oxygens (including phenoxy) is 3. The fourth-order valence-electron chi connectivity index (χ4n) is 3.45. The number of likely N-dealkylation sites (tertiary alicyclic amines) is 1. The van der Waals surface area contributed by atoms with Crippen molar-refractivity contribution in [3.05, 3.63) is 36.2 Å². The van der Waals surface area contributed by atoms with Crippen LogP contribution in [0.15, 0.2) is 35.7 Å². The second kappa shape index (κ2) is 8.98. The SMILES string of the molecule is CCSc1ncc(CN2CC[C@@H](Oc3cccc4c3OCCO4)[C@H](O)C2)cn1. The van der Waals surface area contributed by atoms with Gasteiger partial charge in [0.1, 0.15) is 25.4 Å². The first-order chi connectivity index (χ1) is 13.7. The highest BCUT2D eigenvalue weighted by molar-refractivity contribution is 7.99. The summed E-state index contributed by atoms with van der Waals surface area (Å²) < 4.78 is 17.4. The molecule has 0 amide bonds. The van der Waals surface area contributed by atoms with Crippen LogP contribution in [0.4, 0.5) is 0 Å². The van der Waals surface area contributed by atoms with Crippen molar-refractivity contribution in [1.29, 1.82) is 0 Å². The van der Waals surface area contributed by atoms with Crippen molar-refractivity contribution >= 4 is 11.8 Å². The summed E-state index contributed by atoms with van der Waals surface area (Å²) in [6.45, 7) is 5.23. The molecular weight excluding hydrogens is 378 g/mol. The molecule has 0 radical (unpaired) electrons. The van der Waals surface area contributed by atoms with Gasteiger partial charge in [-0.2, -0.15) is 0 Å². The van der Waals surface area contributed by atoms with Gasteiger partial charge >= 0.3 is 0 Å². The average Bonchev–Trinajstić information content (AvgIpc) is 2.72. The van der Waals surface area contributed by atoms with Crippen LogP contribution in [0.1, 0.15) is 18.9 Å². The Kier molecular flexibility index (Phi) is 6.19. The third-order valence-electron chi connectivity index (χ3n) is 4.77. The van der Waals surface area contributed by atoms with Crippen LogP contribution < -0.4 is 14.2 Å². The fraction of sp³-hybridized carbons (Fsp3) is 0.500. The van der Waals surface area contributed by atoms with Gasteiger partial charge in [0.05, 0.1) is 0 Å². The summed E-state index contributed by atoms with van der Waals surface area (Å²) in [6, 6.07) is 5.61. The molecule has 150 valence electrons. The highest BCUT2D eigenvalue weighted by atomic mass is 32.2. The first kappa shape index (κ1) is 19.3. The summed E-state index contributed by atoms with van der Waals surface area (Å²) in [6.07, 6.45) is 3.62. The molecule has 2 aromatic rings. The molecule has 1 aromatic heterocycles. The predicted octanol–water partition coefficient (Wildman–Crippen LogP) is 2.37. The van der Waals surface area contributed by atoms with E-state index in [0.717, 1.165) is 36.0 Å². The van der Waals surface area contributed by atoms with Crippen molar-refractivity contribution in [2.45, 2.75) is 37.3 Å². The zero-order valence-electron chi connectivity index (χ0n) is 15.9. The van der Waals surface area contributed by atoms with E-state index < -0.39 is 6.10 Å². The van der Waals surface area contributed by atoms with Crippen molar-refractivity contribution in [1.82, 2.24) is 14.9 Å². The van der Waals surface area contributed by atoms with E-state index in [2.05, 4.69) is 21.8 Å². The van der Waals surface area contributed by atoms with Crippen LogP contribution in [-0.2, 0) is 6.54 Å². The van der Waals surface area contributed by atoms with Crippen molar-refractivity contribution < 1.29 is 19.3 Å². The van der Waals surface area contributed by atoms with Gasteiger partial charge in [-0.3, -0.25) is 4.90 Å². The van der Waals surface area contributed by atoms with E-state index in [1.807, 2.05) is 30.6 Å².